The van der Waals surface area contributed by atoms with E-state index in [-0.39, 0.29) is 0 Å². The molecule has 1 aromatic rings. The fraction of sp³-hybridized carbons (Fsp3) is 0.417. The molecule has 1 rings (SSSR count). The van der Waals surface area contributed by atoms with Crippen LogP contribution in [0.3, 0.4) is 0 Å². The van der Waals surface area contributed by atoms with Crippen LogP contribution in [0, 0.1) is 0 Å². The molecule has 0 atom stereocenters. The first-order valence-corrected chi connectivity index (χ1v) is 5.28. The summed E-state index contributed by atoms with van der Waals surface area (Å²) in [6, 6.07) is 9.86. The number of amidine groups is 1. The average Bonchev–Trinajstić information content (AvgIpc) is 2.29. The van der Waals surface area contributed by atoms with Crippen molar-refractivity contribution >= 4 is 5.84 Å². The van der Waals surface area contributed by atoms with Crippen molar-refractivity contribution in [3.63, 3.8) is 0 Å². The molecule has 0 spiro atoms. The number of hydrogen-bond acceptors (Lipinski definition) is 2. The van der Waals surface area contributed by atoms with E-state index in [1.165, 1.54) is 0 Å². The number of nitrogens with two attached hydrogens (primary N) is 1. The highest BCUT2D eigenvalue weighted by atomic mass is 15.1. The van der Waals surface area contributed by atoms with E-state index in [0.29, 0.717) is 5.84 Å². The van der Waals surface area contributed by atoms with Crippen molar-refractivity contribution in [2.24, 2.45) is 10.7 Å². The second kappa shape index (κ2) is 6.19. The van der Waals surface area contributed by atoms with E-state index in [0.717, 1.165) is 25.2 Å². The highest BCUT2D eigenvalue weighted by Crippen LogP contribution is 1.97. The summed E-state index contributed by atoms with van der Waals surface area (Å²) in [5.74, 6) is 0.625. The first kappa shape index (κ1) is 11.7. The zero-order chi connectivity index (χ0) is 11.1. The molecule has 0 aliphatic heterocycles. The van der Waals surface area contributed by atoms with Crippen LogP contribution in [0.4, 0.5) is 0 Å². The molecule has 0 saturated heterocycles. The minimum absolute atomic E-state index is 0.625. The van der Waals surface area contributed by atoms with Gasteiger partial charge in [-0.15, -0.1) is 0 Å². The van der Waals surface area contributed by atoms with E-state index in [2.05, 4.69) is 23.9 Å². The quantitative estimate of drug-likeness (QED) is 0.582. The van der Waals surface area contributed by atoms with Gasteiger partial charge in [-0.3, -0.25) is 4.99 Å². The van der Waals surface area contributed by atoms with Crippen molar-refractivity contribution in [1.29, 1.82) is 0 Å². The molecule has 2 N–H and O–H groups in total. The molecule has 0 bridgehead atoms. The highest BCUT2D eigenvalue weighted by Gasteiger charge is 1.96. The largest absolute Gasteiger partial charge is 0.384 e. The van der Waals surface area contributed by atoms with E-state index in [4.69, 9.17) is 5.73 Å². The molecule has 1 aromatic carbocycles. The minimum Gasteiger partial charge on any atom is -0.384 e. The molecule has 0 heterocycles. The number of hydrogen-bond donors (Lipinski definition) is 1. The molecule has 0 saturated carbocycles. The molecule has 3 nitrogen and oxygen atoms in total. The van der Waals surface area contributed by atoms with Crippen LogP contribution in [0.5, 0.6) is 0 Å². The lowest BCUT2D eigenvalue weighted by atomic mass is 10.2. The smallest absolute Gasteiger partial charge is 0.125 e. The Bertz CT molecular complexity index is 306. The van der Waals surface area contributed by atoms with Crippen LogP contribution in [0.25, 0.3) is 0 Å². The Morgan fingerprint density at radius 1 is 1.33 bits per heavy atom. The molecule has 0 radical (unpaired) electrons. The van der Waals surface area contributed by atoms with Crippen molar-refractivity contribution in [2.45, 2.75) is 6.92 Å². The maximum atomic E-state index is 5.85. The molecular formula is C12H19N3. The van der Waals surface area contributed by atoms with Gasteiger partial charge in [0.25, 0.3) is 0 Å². The van der Waals surface area contributed by atoms with Crippen LogP contribution in [0.15, 0.2) is 35.3 Å². The van der Waals surface area contributed by atoms with E-state index in [9.17, 15) is 0 Å². The summed E-state index contributed by atoms with van der Waals surface area (Å²) >= 11 is 0. The lowest BCUT2D eigenvalue weighted by Gasteiger charge is -2.11. The molecule has 0 aliphatic carbocycles. The Balaban J connectivity index is 2.47. The van der Waals surface area contributed by atoms with Crippen molar-refractivity contribution in [3.05, 3.63) is 35.9 Å². The van der Waals surface area contributed by atoms with Gasteiger partial charge in [-0.2, -0.15) is 0 Å². The number of rotatable bonds is 5. The summed E-state index contributed by atoms with van der Waals surface area (Å²) in [7, 11) is 2.08. The lowest BCUT2D eigenvalue weighted by Crippen LogP contribution is -2.22. The van der Waals surface area contributed by atoms with Crippen LogP contribution in [0.1, 0.15) is 12.5 Å². The molecule has 0 aromatic heterocycles. The van der Waals surface area contributed by atoms with Gasteiger partial charge < -0.3 is 10.6 Å². The summed E-state index contributed by atoms with van der Waals surface area (Å²) < 4.78 is 0. The van der Waals surface area contributed by atoms with Crippen molar-refractivity contribution < 1.29 is 0 Å². The predicted molar refractivity (Wildman–Crippen MR) is 65.2 cm³/mol. The average molecular weight is 205 g/mol. The summed E-state index contributed by atoms with van der Waals surface area (Å²) in [5, 5.41) is 0. The third kappa shape index (κ3) is 4.13. The zero-order valence-corrected chi connectivity index (χ0v) is 9.48. The van der Waals surface area contributed by atoms with Gasteiger partial charge in [-0.05, 0) is 13.6 Å². The number of nitrogens with zero attached hydrogens (tertiary/aromatic N) is 2. The lowest BCUT2D eigenvalue weighted by molar-refractivity contribution is 0.363. The Morgan fingerprint density at radius 3 is 2.60 bits per heavy atom. The van der Waals surface area contributed by atoms with Crippen LogP contribution in [-0.2, 0) is 0 Å². The van der Waals surface area contributed by atoms with Gasteiger partial charge in [-0.25, -0.2) is 0 Å². The molecule has 0 unspecified atom stereocenters. The summed E-state index contributed by atoms with van der Waals surface area (Å²) in [6.07, 6.45) is 0. The predicted octanol–water partition coefficient (Wildman–Crippen LogP) is 1.34. The zero-order valence-electron chi connectivity index (χ0n) is 9.48. The van der Waals surface area contributed by atoms with Crippen molar-refractivity contribution in [1.82, 2.24) is 4.90 Å². The van der Waals surface area contributed by atoms with Gasteiger partial charge in [0.15, 0.2) is 0 Å². The Morgan fingerprint density at radius 2 is 2.00 bits per heavy atom. The van der Waals surface area contributed by atoms with Gasteiger partial charge in [0, 0.05) is 12.1 Å². The van der Waals surface area contributed by atoms with Gasteiger partial charge in [0.05, 0.1) is 6.54 Å². The van der Waals surface area contributed by atoms with Crippen molar-refractivity contribution in [3.8, 4) is 0 Å². The molecule has 15 heavy (non-hydrogen) atoms. The Kier molecular flexibility index (Phi) is 4.84. The highest BCUT2D eigenvalue weighted by molar-refractivity contribution is 5.97. The normalized spacial score (nSPS) is 12.1. The van der Waals surface area contributed by atoms with E-state index >= 15 is 0 Å². The first-order valence-electron chi connectivity index (χ1n) is 5.28. The summed E-state index contributed by atoms with van der Waals surface area (Å²) in [5.41, 5.74) is 6.85. The maximum Gasteiger partial charge on any atom is 0.125 e. The van der Waals surface area contributed by atoms with Crippen LogP contribution in [0.2, 0.25) is 0 Å². The summed E-state index contributed by atoms with van der Waals surface area (Å²) in [6.45, 7) is 4.88. The van der Waals surface area contributed by atoms with Crippen LogP contribution >= 0.6 is 0 Å². The summed E-state index contributed by atoms with van der Waals surface area (Å²) in [4.78, 5) is 6.55. The number of aliphatic imine (C=N–C) groups is 1. The molecule has 0 fully saturated rings. The third-order valence-electron chi connectivity index (χ3n) is 2.37. The SMILES string of the molecule is CCN(C)CCN=C(N)c1ccccc1. The van der Waals surface area contributed by atoms with Gasteiger partial charge in [0.2, 0.25) is 0 Å². The molecular weight excluding hydrogens is 186 g/mol. The molecule has 0 aliphatic rings. The second-order valence-electron chi connectivity index (χ2n) is 3.53. The molecule has 3 heteroatoms. The third-order valence-corrected chi connectivity index (χ3v) is 2.37. The fourth-order valence-electron chi connectivity index (χ4n) is 1.20. The monoisotopic (exact) mass is 205 g/mol. The van der Waals surface area contributed by atoms with Gasteiger partial charge >= 0.3 is 0 Å². The van der Waals surface area contributed by atoms with E-state index in [1.807, 2.05) is 30.3 Å². The molecule has 0 amide bonds. The Labute approximate surface area is 91.6 Å². The first-order chi connectivity index (χ1) is 7.24. The number of benzene rings is 1. The standard InChI is InChI=1S/C12H19N3/c1-3-15(2)10-9-14-12(13)11-7-5-4-6-8-11/h4-8H,3,9-10H2,1-2H3,(H2,13,14). The fourth-order valence-corrected chi connectivity index (χ4v) is 1.20. The number of likely N-dealkylation sites (N-methyl/N-ethyl adjacent to an activating group) is 1. The van der Waals surface area contributed by atoms with Crippen LogP contribution in [-0.4, -0.2) is 37.4 Å². The van der Waals surface area contributed by atoms with E-state index < -0.39 is 0 Å². The van der Waals surface area contributed by atoms with Gasteiger partial charge in [0.1, 0.15) is 5.84 Å². The topological polar surface area (TPSA) is 41.6 Å². The van der Waals surface area contributed by atoms with E-state index in [1.54, 1.807) is 0 Å². The van der Waals surface area contributed by atoms with Crippen LogP contribution < -0.4 is 5.73 Å². The molecule has 82 valence electrons. The maximum absolute atomic E-state index is 5.85. The minimum atomic E-state index is 0.625. The van der Waals surface area contributed by atoms with Crippen molar-refractivity contribution in [2.75, 3.05) is 26.7 Å². The Hall–Kier alpha value is -1.35. The van der Waals surface area contributed by atoms with Gasteiger partial charge in [-0.1, -0.05) is 37.3 Å². The second-order valence-corrected chi connectivity index (χ2v) is 3.53.